The molecule has 0 heterocycles. The molecule has 2 rings (SSSR count). The molecule has 1 unspecified atom stereocenters. The Morgan fingerprint density at radius 2 is 1.31 bits per heavy atom. The van der Waals surface area contributed by atoms with E-state index in [4.69, 9.17) is 0 Å². The Labute approximate surface area is 190 Å². The number of amides is 3. The van der Waals surface area contributed by atoms with Crippen LogP contribution in [0.5, 0.6) is 0 Å². The van der Waals surface area contributed by atoms with Gasteiger partial charge in [-0.05, 0) is 60.8 Å². The zero-order chi connectivity index (χ0) is 23.9. The first-order chi connectivity index (χ1) is 15.0. The zero-order valence-corrected chi connectivity index (χ0v) is 19.8. The summed E-state index contributed by atoms with van der Waals surface area (Å²) in [7, 11) is 0. The highest BCUT2D eigenvalue weighted by Gasteiger charge is 2.22. The molecule has 32 heavy (non-hydrogen) atoms. The Bertz CT molecular complexity index is 931. The number of nitrogens with one attached hydrogen (secondary N) is 3. The van der Waals surface area contributed by atoms with Crippen molar-refractivity contribution in [2.75, 3.05) is 29.0 Å². The molecule has 7 nitrogen and oxygen atoms in total. The van der Waals surface area contributed by atoms with Crippen LogP contribution in [0.2, 0.25) is 0 Å². The van der Waals surface area contributed by atoms with Gasteiger partial charge in [-0.3, -0.25) is 19.3 Å². The zero-order valence-electron chi connectivity index (χ0n) is 19.8. The van der Waals surface area contributed by atoms with E-state index in [0.29, 0.717) is 17.9 Å². The van der Waals surface area contributed by atoms with Crippen molar-refractivity contribution in [2.45, 2.75) is 53.0 Å². The Morgan fingerprint density at radius 3 is 1.78 bits per heavy atom. The van der Waals surface area contributed by atoms with Crippen LogP contribution in [0.15, 0.2) is 48.5 Å². The summed E-state index contributed by atoms with van der Waals surface area (Å²) in [6.45, 7) is 12.2. The fraction of sp³-hybridized carbons (Fsp3) is 0.400. The molecular weight excluding hydrogens is 404 g/mol. The van der Waals surface area contributed by atoms with Crippen LogP contribution in [0, 0.1) is 0 Å². The Balaban J connectivity index is 1.93. The van der Waals surface area contributed by atoms with Crippen molar-refractivity contribution in [3.05, 3.63) is 54.1 Å². The lowest BCUT2D eigenvalue weighted by Crippen LogP contribution is -2.45. The molecule has 172 valence electrons. The predicted molar refractivity (Wildman–Crippen MR) is 130 cm³/mol. The lowest BCUT2D eigenvalue weighted by molar-refractivity contribution is -0.123. The third kappa shape index (κ3) is 7.50. The van der Waals surface area contributed by atoms with Crippen molar-refractivity contribution in [3.63, 3.8) is 0 Å². The molecule has 0 aliphatic carbocycles. The SMILES string of the molecule is CCN(CC(=O)Nc1ccc(NC(C)=O)cc1)C(C)C(=O)Nc1ccc(C(C)(C)C)cc1. The van der Waals surface area contributed by atoms with Crippen molar-refractivity contribution >= 4 is 34.8 Å². The Kier molecular flexibility index (Phi) is 8.55. The van der Waals surface area contributed by atoms with E-state index in [9.17, 15) is 14.4 Å². The first-order valence-electron chi connectivity index (χ1n) is 10.8. The largest absolute Gasteiger partial charge is 0.326 e. The van der Waals surface area contributed by atoms with Crippen molar-refractivity contribution in [3.8, 4) is 0 Å². The van der Waals surface area contributed by atoms with E-state index in [0.717, 1.165) is 5.69 Å². The van der Waals surface area contributed by atoms with Crippen molar-refractivity contribution in [1.82, 2.24) is 4.90 Å². The first kappa shape index (κ1) is 25.1. The van der Waals surface area contributed by atoms with Gasteiger partial charge in [-0.25, -0.2) is 0 Å². The van der Waals surface area contributed by atoms with E-state index in [1.165, 1.54) is 12.5 Å². The number of hydrogen-bond donors (Lipinski definition) is 3. The number of likely N-dealkylation sites (N-methyl/N-ethyl adjacent to an activating group) is 1. The van der Waals surface area contributed by atoms with E-state index in [-0.39, 0.29) is 29.7 Å². The Hall–Kier alpha value is -3.19. The smallest absolute Gasteiger partial charge is 0.241 e. The maximum Gasteiger partial charge on any atom is 0.241 e. The molecule has 0 saturated heterocycles. The minimum atomic E-state index is -0.477. The van der Waals surface area contributed by atoms with Gasteiger partial charge in [0.15, 0.2) is 0 Å². The predicted octanol–water partition coefficient (Wildman–Crippen LogP) is 4.23. The summed E-state index contributed by atoms with van der Waals surface area (Å²) in [5.74, 6) is -0.533. The molecule has 2 aromatic rings. The van der Waals surface area contributed by atoms with Gasteiger partial charge in [0.2, 0.25) is 17.7 Å². The molecule has 1 atom stereocenters. The van der Waals surface area contributed by atoms with E-state index < -0.39 is 6.04 Å². The third-order valence-electron chi connectivity index (χ3n) is 5.19. The van der Waals surface area contributed by atoms with Gasteiger partial charge < -0.3 is 16.0 Å². The van der Waals surface area contributed by atoms with Gasteiger partial charge >= 0.3 is 0 Å². The molecule has 2 aromatic carbocycles. The van der Waals surface area contributed by atoms with Crippen LogP contribution in [0.1, 0.15) is 47.1 Å². The number of carbonyl (C=O) groups excluding carboxylic acids is 3. The lowest BCUT2D eigenvalue weighted by atomic mass is 9.87. The van der Waals surface area contributed by atoms with Gasteiger partial charge in [-0.1, -0.05) is 39.8 Å². The van der Waals surface area contributed by atoms with Crippen LogP contribution in [0.25, 0.3) is 0 Å². The van der Waals surface area contributed by atoms with E-state index >= 15 is 0 Å². The molecule has 0 aliphatic rings. The second kappa shape index (κ2) is 10.9. The number of rotatable bonds is 8. The minimum absolute atomic E-state index is 0.0481. The minimum Gasteiger partial charge on any atom is -0.326 e. The van der Waals surface area contributed by atoms with Crippen LogP contribution in [-0.4, -0.2) is 41.8 Å². The van der Waals surface area contributed by atoms with E-state index in [2.05, 4.69) is 36.7 Å². The molecule has 0 aromatic heterocycles. The lowest BCUT2D eigenvalue weighted by Gasteiger charge is -2.26. The fourth-order valence-electron chi connectivity index (χ4n) is 3.21. The van der Waals surface area contributed by atoms with E-state index in [1.807, 2.05) is 31.2 Å². The van der Waals surface area contributed by atoms with Gasteiger partial charge in [0, 0.05) is 24.0 Å². The maximum absolute atomic E-state index is 12.7. The highest BCUT2D eigenvalue weighted by Crippen LogP contribution is 2.23. The summed E-state index contributed by atoms with van der Waals surface area (Å²) in [5.41, 5.74) is 3.25. The first-order valence-corrected chi connectivity index (χ1v) is 10.8. The second-order valence-corrected chi connectivity index (χ2v) is 8.86. The molecular formula is C25H34N4O3. The van der Waals surface area contributed by atoms with Crippen LogP contribution in [-0.2, 0) is 19.8 Å². The normalized spacial score (nSPS) is 12.2. The average Bonchev–Trinajstić information content (AvgIpc) is 2.72. The summed E-state index contributed by atoms with van der Waals surface area (Å²) < 4.78 is 0. The fourth-order valence-corrected chi connectivity index (χ4v) is 3.21. The number of hydrogen-bond acceptors (Lipinski definition) is 4. The molecule has 3 N–H and O–H groups in total. The average molecular weight is 439 g/mol. The number of anilines is 3. The molecule has 0 aliphatic heterocycles. The van der Waals surface area contributed by atoms with Crippen LogP contribution >= 0.6 is 0 Å². The highest BCUT2D eigenvalue weighted by molar-refractivity contribution is 5.96. The second-order valence-electron chi connectivity index (χ2n) is 8.86. The molecule has 7 heteroatoms. The summed E-state index contributed by atoms with van der Waals surface area (Å²) in [6.07, 6.45) is 0. The monoisotopic (exact) mass is 438 g/mol. The van der Waals surface area contributed by atoms with Crippen LogP contribution < -0.4 is 16.0 Å². The topological polar surface area (TPSA) is 90.5 Å². The molecule has 3 amide bonds. The quantitative estimate of drug-likeness (QED) is 0.575. The number of carbonyl (C=O) groups is 3. The Morgan fingerprint density at radius 1 is 0.844 bits per heavy atom. The van der Waals surface area contributed by atoms with Crippen molar-refractivity contribution in [1.29, 1.82) is 0 Å². The van der Waals surface area contributed by atoms with Crippen molar-refractivity contribution < 1.29 is 14.4 Å². The maximum atomic E-state index is 12.7. The standard InChI is InChI=1S/C25H34N4O3/c1-7-29(16-23(31)27-21-14-12-20(13-15-21)26-18(3)30)17(2)24(32)28-22-10-8-19(9-11-22)25(4,5)6/h8-15,17H,7,16H2,1-6H3,(H,26,30)(H,27,31)(H,28,32). The molecule has 0 fully saturated rings. The molecule has 0 spiro atoms. The van der Waals surface area contributed by atoms with Gasteiger partial charge in [-0.2, -0.15) is 0 Å². The summed E-state index contributed by atoms with van der Waals surface area (Å²) in [5, 5.41) is 8.44. The van der Waals surface area contributed by atoms with Gasteiger partial charge in [0.25, 0.3) is 0 Å². The third-order valence-corrected chi connectivity index (χ3v) is 5.19. The van der Waals surface area contributed by atoms with Gasteiger partial charge in [0.05, 0.1) is 12.6 Å². The number of benzene rings is 2. The molecule has 0 radical (unpaired) electrons. The van der Waals surface area contributed by atoms with Crippen LogP contribution in [0.4, 0.5) is 17.1 Å². The highest BCUT2D eigenvalue weighted by atomic mass is 16.2. The van der Waals surface area contributed by atoms with Gasteiger partial charge in [0.1, 0.15) is 0 Å². The summed E-state index contributed by atoms with van der Waals surface area (Å²) in [4.78, 5) is 38.2. The van der Waals surface area contributed by atoms with Gasteiger partial charge in [-0.15, -0.1) is 0 Å². The number of nitrogens with zero attached hydrogens (tertiary/aromatic N) is 1. The molecule has 0 saturated carbocycles. The summed E-state index contributed by atoms with van der Waals surface area (Å²) in [6, 6.07) is 14.2. The van der Waals surface area contributed by atoms with Crippen molar-refractivity contribution in [2.24, 2.45) is 0 Å². The van der Waals surface area contributed by atoms with Crippen LogP contribution in [0.3, 0.4) is 0 Å². The van der Waals surface area contributed by atoms with E-state index in [1.54, 1.807) is 36.1 Å². The molecule has 0 bridgehead atoms. The summed E-state index contributed by atoms with van der Waals surface area (Å²) >= 11 is 0.